The highest BCUT2D eigenvalue weighted by Crippen LogP contribution is 2.46. The van der Waals surface area contributed by atoms with E-state index in [9.17, 15) is 0 Å². The molecule has 0 saturated heterocycles. The van der Waals surface area contributed by atoms with Gasteiger partial charge in [-0.3, -0.25) is 4.68 Å². The lowest BCUT2D eigenvalue weighted by molar-refractivity contribution is 0.129. The van der Waals surface area contributed by atoms with Gasteiger partial charge in [-0.1, -0.05) is 20.8 Å². The van der Waals surface area contributed by atoms with Gasteiger partial charge in [0.2, 0.25) is 0 Å². The monoisotopic (exact) mass is 289 g/mol. The summed E-state index contributed by atoms with van der Waals surface area (Å²) in [4.78, 5) is 0. The molecule has 2 saturated carbocycles. The van der Waals surface area contributed by atoms with Gasteiger partial charge in [-0.2, -0.15) is 5.10 Å². The first kappa shape index (κ1) is 15.1. The fourth-order valence-corrected chi connectivity index (χ4v) is 3.91. The normalized spacial score (nSPS) is 30.6. The van der Waals surface area contributed by atoms with Gasteiger partial charge in [0.25, 0.3) is 0 Å². The molecular weight excluding hydrogens is 258 g/mol. The van der Waals surface area contributed by atoms with Gasteiger partial charge >= 0.3 is 0 Å². The van der Waals surface area contributed by atoms with Gasteiger partial charge in [-0.15, -0.1) is 0 Å². The second-order valence-corrected chi connectivity index (χ2v) is 8.37. The van der Waals surface area contributed by atoms with Crippen LogP contribution >= 0.6 is 0 Å². The summed E-state index contributed by atoms with van der Waals surface area (Å²) < 4.78 is 1.96. The molecule has 1 aromatic rings. The fourth-order valence-electron chi connectivity index (χ4n) is 3.91. The molecule has 3 nitrogen and oxygen atoms in total. The number of hydrogen-bond donors (Lipinski definition) is 1. The summed E-state index contributed by atoms with van der Waals surface area (Å²) in [5, 5.41) is 8.18. The number of rotatable bonds is 4. The van der Waals surface area contributed by atoms with E-state index in [-0.39, 0.29) is 0 Å². The zero-order valence-corrected chi connectivity index (χ0v) is 14.1. The number of aromatic nitrogens is 2. The number of nitrogens with zero attached hydrogens (tertiary/aromatic N) is 2. The molecule has 0 aliphatic heterocycles. The van der Waals surface area contributed by atoms with E-state index in [4.69, 9.17) is 0 Å². The van der Waals surface area contributed by atoms with Crippen LogP contribution in [0.3, 0.4) is 0 Å². The van der Waals surface area contributed by atoms with Crippen molar-refractivity contribution in [2.75, 3.05) is 6.54 Å². The minimum atomic E-state index is 0.426. The molecule has 2 aliphatic carbocycles. The molecule has 1 heterocycles. The van der Waals surface area contributed by atoms with Crippen LogP contribution in [-0.4, -0.2) is 22.4 Å². The lowest BCUT2D eigenvalue weighted by atomic mass is 9.64. The first-order valence-electron chi connectivity index (χ1n) is 8.65. The third-order valence-electron chi connectivity index (χ3n) is 5.62. The van der Waals surface area contributed by atoms with Crippen LogP contribution in [0.1, 0.15) is 64.4 Å². The lowest BCUT2D eigenvalue weighted by Crippen LogP contribution is -2.36. The molecule has 2 fully saturated rings. The maximum atomic E-state index is 4.42. The van der Waals surface area contributed by atoms with E-state index in [2.05, 4.69) is 43.6 Å². The van der Waals surface area contributed by atoms with Gasteiger partial charge in [0, 0.05) is 19.3 Å². The Bertz CT molecular complexity index is 467. The van der Waals surface area contributed by atoms with Crippen molar-refractivity contribution in [1.82, 2.24) is 15.1 Å². The van der Waals surface area contributed by atoms with Crippen LogP contribution < -0.4 is 5.32 Å². The standard InChI is InChI=1S/C18H31N3/c1-18(2,3)15-6-5-13(10-19-16-7-8-16)17(9-15)14-11-20-21(4)12-14/h11-13,15-17,19H,5-10H2,1-4H3. The van der Waals surface area contributed by atoms with Crippen molar-refractivity contribution in [2.45, 2.75) is 64.8 Å². The first-order chi connectivity index (χ1) is 9.93. The highest BCUT2D eigenvalue weighted by atomic mass is 15.2. The molecule has 0 aromatic carbocycles. The Morgan fingerprint density at radius 2 is 2.00 bits per heavy atom. The first-order valence-corrected chi connectivity index (χ1v) is 8.65. The third-order valence-corrected chi connectivity index (χ3v) is 5.62. The summed E-state index contributed by atoms with van der Waals surface area (Å²) in [5.41, 5.74) is 1.88. The summed E-state index contributed by atoms with van der Waals surface area (Å²) in [6.45, 7) is 8.41. The Kier molecular flexibility index (Phi) is 4.13. The van der Waals surface area contributed by atoms with E-state index in [0.717, 1.165) is 17.9 Å². The topological polar surface area (TPSA) is 29.9 Å². The Hall–Kier alpha value is -0.830. The molecule has 3 heteroatoms. The van der Waals surface area contributed by atoms with Crippen molar-refractivity contribution in [3.63, 3.8) is 0 Å². The molecule has 3 unspecified atom stereocenters. The molecule has 3 rings (SSSR count). The molecule has 1 aromatic heterocycles. The van der Waals surface area contributed by atoms with Crippen LogP contribution in [0.5, 0.6) is 0 Å². The summed E-state index contributed by atoms with van der Waals surface area (Å²) >= 11 is 0. The second-order valence-electron chi connectivity index (χ2n) is 8.37. The molecule has 3 atom stereocenters. The van der Waals surface area contributed by atoms with Gasteiger partial charge in [0.1, 0.15) is 0 Å². The maximum absolute atomic E-state index is 4.42. The smallest absolute Gasteiger partial charge is 0.0524 e. The van der Waals surface area contributed by atoms with Gasteiger partial charge in [-0.25, -0.2) is 0 Å². The van der Waals surface area contributed by atoms with E-state index in [0.29, 0.717) is 11.3 Å². The third kappa shape index (κ3) is 3.68. The van der Waals surface area contributed by atoms with Gasteiger partial charge in [0.05, 0.1) is 6.20 Å². The number of aryl methyl sites for hydroxylation is 1. The van der Waals surface area contributed by atoms with E-state index in [1.165, 1.54) is 44.2 Å². The predicted molar refractivity (Wildman–Crippen MR) is 87.3 cm³/mol. The molecule has 21 heavy (non-hydrogen) atoms. The maximum Gasteiger partial charge on any atom is 0.0524 e. The molecule has 0 bridgehead atoms. The zero-order valence-electron chi connectivity index (χ0n) is 14.1. The van der Waals surface area contributed by atoms with E-state index < -0.39 is 0 Å². The van der Waals surface area contributed by atoms with Gasteiger partial charge in [-0.05, 0) is 67.4 Å². The Morgan fingerprint density at radius 3 is 2.57 bits per heavy atom. The lowest BCUT2D eigenvalue weighted by Gasteiger charge is -2.42. The van der Waals surface area contributed by atoms with Crippen molar-refractivity contribution < 1.29 is 0 Å². The van der Waals surface area contributed by atoms with E-state index in [1.54, 1.807) is 0 Å². The van der Waals surface area contributed by atoms with Crippen molar-refractivity contribution in [1.29, 1.82) is 0 Å². The summed E-state index contributed by atoms with van der Waals surface area (Å²) in [6, 6.07) is 0.819. The van der Waals surface area contributed by atoms with E-state index >= 15 is 0 Å². The molecule has 0 spiro atoms. The minimum Gasteiger partial charge on any atom is -0.314 e. The number of nitrogens with one attached hydrogen (secondary N) is 1. The second kappa shape index (κ2) is 5.75. The predicted octanol–water partition coefficient (Wildman–Crippen LogP) is 3.72. The molecule has 0 amide bonds. The summed E-state index contributed by atoms with van der Waals surface area (Å²) in [7, 11) is 2.03. The van der Waals surface area contributed by atoms with Crippen LogP contribution in [0, 0.1) is 17.3 Å². The Morgan fingerprint density at radius 1 is 1.24 bits per heavy atom. The van der Waals surface area contributed by atoms with Crippen LogP contribution in [0.25, 0.3) is 0 Å². The average molecular weight is 289 g/mol. The minimum absolute atomic E-state index is 0.426. The highest BCUT2D eigenvalue weighted by Gasteiger charge is 2.37. The van der Waals surface area contributed by atoms with Crippen LogP contribution in [0.15, 0.2) is 12.4 Å². The van der Waals surface area contributed by atoms with Gasteiger partial charge < -0.3 is 5.32 Å². The number of hydrogen-bond acceptors (Lipinski definition) is 2. The summed E-state index contributed by atoms with van der Waals surface area (Å²) in [6.07, 6.45) is 11.2. The molecule has 1 N–H and O–H groups in total. The van der Waals surface area contributed by atoms with Crippen molar-refractivity contribution in [3.05, 3.63) is 18.0 Å². The van der Waals surface area contributed by atoms with Crippen molar-refractivity contribution in [3.8, 4) is 0 Å². The largest absolute Gasteiger partial charge is 0.314 e. The van der Waals surface area contributed by atoms with Crippen LogP contribution in [-0.2, 0) is 7.05 Å². The SMILES string of the molecule is Cn1cc(C2CC(C(C)(C)C)CCC2CNC2CC2)cn1. The highest BCUT2D eigenvalue weighted by molar-refractivity contribution is 5.15. The zero-order chi connectivity index (χ0) is 15.0. The van der Waals surface area contributed by atoms with Crippen molar-refractivity contribution >= 4 is 0 Å². The quantitative estimate of drug-likeness (QED) is 0.915. The van der Waals surface area contributed by atoms with Gasteiger partial charge in [0.15, 0.2) is 0 Å². The van der Waals surface area contributed by atoms with Crippen LogP contribution in [0.4, 0.5) is 0 Å². The fraction of sp³-hybridized carbons (Fsp3) is 0.833. The van der Waals surface area contributed by atoms with E-state index in [1.807, 2.05) is 11.7 Å². The Labute approximate surface area is 129 Å². The average Bonchev–Trinajstić information content (AvgIpc) is 3.16. The molecule has 2 aliphatic rings. The van der Waals surface area contributed by atoms with Crippen molar-refractivity contribution in [2.24, 2.45) is 24.3 Å². The summed E-state index contributed by atoms with van der Waals surface area (Å²) in [5.74, 6) is 2.30. The molecule has 0 radical (unpaired) electrons. The molecular formula is C18H31N3. The van der Waals surface area contributed by atoms with Crippen LogP contribution in [0.2, 0.25) is 0 Å². The molecule has 118 valence electrons. The Balaban J connectivity index is 1.72.